The third kappa shape index (κ3) is 6.43. The van der Waals surface area contributed by atoms with Gasteiger partial charge < -0.3 is 24.3 Å². The van der Waals surface area contributed by atoms with Gasteiger partial charge in [0.15, 0.2) is 18.1 Å². The maximum absolute atomic E-state index is 12.3. The second-order valence-corrected chi connectivity index (χ2v) is 5.67. The van der Waals surface area contributed by atoms with Crippen LogP contribution < -0.4 is 14.8 Å². The molecule has 2 aromatic rings. The van der Waals surface area contributed by atoms with Crippen LogP contribution in [0.1, 0.15) is 27.6 Å². The van der Waals surface area contributed by atoms with Gasteiger partial charge in [-0.15, -0.1) is 0 Å². The number of benzene rings is 2. The summed E-state index contributed by atoms with van der Waals surface area (Å²) in [6.45, 7) is -1.70. The summed E-state index contributed by atoms with van der Waals surface area (Å²) in [4.78, 5) is 35.6. The van der Waals surface area contributed by atoms with Crippen molar-refractivity contribution in [2.24, 2.45) is 0 Å². The van der Waals surface area contributed by atoms with Crippen LogP contribution in [0, 0.1) is 0 Å². The molecule has 0 aliphatic heterocycles. The molecule has 2 rings (SSSR count). The van der Waals surface area contributed by atoms with E-state index in [1.165, 1.54) is 37.4 Å². The minimum atomic E-state index is -3.05. The first kappa shape index (κ1) is 22.6. The summed E-state index contributed by atoms with van der Waals surface area (Å²) in [5.74, 6) is -2.28. The number of hydrogen-bond donors (Lipinski definition) is 1. The average molecular weight is 423 g/mol. The molecule has 0 radical (unpaired) electrons. The Hall–Kier alpha value is -3.69. The number of ether oxygens (including phenoxy) is 4. The largest absolute Gasteiger partial charge is 0.493 e. The van der Waals surface area contributed by atoms with Crippen LogP contribution in [0.3, 0.4) is 0 Å². The van der Waals surface area contributed by atoms with Gasteiger partial charge in [-0.25, -0.2) is 9.59 Å². The van der Waals surface area contributed by atoms with Crippen molar-refractivity contribution in [1.82, 2.24) is 0 Å². The van der Waals surface area contributed by atoms with Crippen LogP contribution >= 0.6 is 0 Å². The molecule has 0 aliphatic carbocycles. The van der Waals surface area contributed by atoms with Gasteiger partial charge >= 0.3 is 18.6 Å². The standard InChI is InChI=1S/C20H19F2NO7/c1-3-28-18(25)12-4-7-14(8-5-12)23-17(24)11-29-19(26)13-6-9-15(30-20(21)22)16(10-13)27-2/h4-10,20H,3,11H2,1-2H3,(H,23,24). The van der Waals surface area contributed by atoms with Gasteiger partial charge in [-0.3, -0.25) is 4.79 Å². The minimum Gasteiger partial charge on any atom is -0.493 e. The van der Waals surface area contributed by atoms with E-state index in [0.29, 0.717) is 11.3 Å². The molecule has 0 saturated heterocycles. The second kappa shape index (κ2) is 10.7. The van der Waals surface area contributed by atoms with Gasteiger partial charge in [-0.2, -0.15) is 8.78 Å². The fourth-order valence-corrected chi connectivity index (χ4v) is 2.30. The summed E-state index contributed by atoms with van der Waals surface area (Å²) in [6, 6.07) is 9.45. The molecule has 2 aromatic carbocycles. The number of esters is 2. The first-order chi connectivity index (χ1) is 14.3. The highest BCUT2D eigenvalue weighted by Gasteiger charge is 2.16. The lowest BCUT2D eigenvalue weighted by Crippen LogP contribution is -2.21. The Morgan fingerprint density at radius 1 is 0.933 bits per heavy atom. The number of anilines is 1. The van der Waals surface area contributed by atoms with Crippen LogP contribution in [0.2, 0.25) is 0 Å². The van der Waals surface area contributed by atoms with Crippen molar-refractivity contribution in [1.29, 1.82) is 0 Å². The van der Waals surface area contributed by atoms with E-state index >= 15 is 0 Å². The van der Waals surface area contributed by atoms with Crippen LogP contribution in [0.25, 0.3) is 0 Å². The van der Waals surface area contributed by atoms with E-state index in [0.717, 1.165) is 12.1 Å². The molecule has 0 saturated carbocycles. The summed E-state index contributed by atoms with van der Waals surface area (Å²) in [5.41, 5.74) is 0.703. The number of carbonyl (C=O) groups is 3. The molecule has 0 aliphatic rings. The molecule has 1 amide bonds. The van der Waals surface area contributed by atoms with Crippen molar-refractivity contribution < 1.29 is 42.1 Å². The highest BCUT2D eigenvalue weighted by atomic mass is 19.3. The van der Waals surface area contributed by atoms with Gasteiger partial charge in [-0.05, 0) is 49.4 Å². The Morgan fingerprint density at radius 2 is 1.57 bits per heavy atom. The third-order valence-corrected chi connectivity index (χ3v) is 3.63. The molecule has 0 bridgehead atoms. The molecule has 0 atom stereocenters. The molecule has 0 fully saturated rings. The Kier molecular flexibility index (Phi) is 8.09. The SMILES string of the molecule is CCOC(=O)c1ccc(NC(=O)COC(=O)c2ccc(OC(F)F)c(OC)c2)cc1. The van der Waals surface area contributed by atoms with Gasteiger partial charge in [0.2, 0.25) is 0 Å². The van der Waals surface area contributed by atoms with Gasteiger partial charge in [0.1, 0.15) is 0 Å². The van der Waals surface area contributed by atoms with Crippen molar-refractivity contribution in [3.05, 3.63) is 53.6 Å². The fraction of sp³-hybridized carbons (Fsp3) is 0.250. The van der Waals surface area contributed by atoms with Crippen LogP contribution in [-0.4, -0.2) is 44.8 Å². The quantitative estimate of drug-likeness (QED) is 0.618. The van der Waals surface area contributed by atoms with Crippen LogP contribution in [-0.2, 0) is 14.3 Å². The highest BCUT2D eigenvalue weighted by Crippen LogP contribution is 2.29. The number of halogens is 2. The van der Waals surface area contributed by atoms with Crippen LogP contribution in [0.5, 0.6) is 11.5 Å². The lowest BCUT2D eigenvalue weighted by molar-refractivity contribution is -0.119. The van der Waals surface area contributed by atoms with E-state index in [2.05, 4.69) is 10.1 Å². The highest BCUT2D eigenvalue weighted by molar-refractivity contribution is 5.96. The first-order valence-corrected chi connectivity index (χ1v) is 8.71. The summed E-state index contributed by atoms with van der Waals surface area (Å²) >= 11 is 0. The van der Waals surface area contributed by atoms with E-state index in [9.17, 15) is 23.2 Å². The Bertz CT molecular complexity index is 901. The number of hydrogen-bond acceptors (Lipinski definition) is 7. The van der Waals surface area contributed by atoms with Crippen molar-refractivity contribution in [3.8, 4) is 11.5 Å². The minimum absolute atomic E-state index is 0.0138. The van der Waals surface area contributed by atoms with Crippen molar-refractivity contribution >= 4 is 23.5 Å². The monoisotopic (exact) mass is 423 g/mol. The zero-order valence-electron chi connectivity index (χ0n) is 16.1. The van der Waals surface area contributed by atoms with Crippen molar-refractivity contribution in [2.75, 3.05) is 25.6 Å². The molecule has 0 heterocycles. The number of alkyl halides is 2. The summed E-state index contributed by atoms with van der Waals surface area (Å²) in [7, 11) is 1.23. The van der Waals surface area contributed by atoms with Gasteiger partial charge in [0.25, 0.3) is 5.91 Å². The molecular formula is C20H19F2NO7. The molecule has 8 nitrogen and oxygen atoms in total. The number of methoxy groups -OCH3 is 1. The van der Waals surface area contributed by atoms with Gasteiger partial charge in [0, 0.05) is 5.69 Å². The smallest absolute Gasteiger partial charge is 0.387 e. The predicted octanol–water partition coefficient (Wildman–Crippen LogP) is 3.27. The van der Waals surface area contributed by atoms with E-state index in [4.69, 9.17) is 14.2 Å². The zero-order valence-corrected chi connectivity index (χ0v) is 16.1. The zero-order chi connectivity index (χ0) is 22.1. The Morgan fingerprint density at radius 3 is 2.17 bits per heavy atom. The van der Waals surface area contributed by atoms with E-state index in [1.807, 2.05) is 0 Å². The molecular weight excluding hydrogens is 404 g/mol. The second-order valence-electron chi connectivity index (χ2n) is 5.67. The van der Waals surface area contributed by atoms with Gasteiger partial charge in [0.05, 0.1) is 24.8 Å². The predicted molar refractivity (Wildman–Crippen MR) is 101 cm³/mol. The summed E-state index contributed by atoms with van der Waals surface area (Å²) in [5, 5.41) is 2.50. The maximum Gasteiger partial charge on any atom is 0.387 e. The van der Waals surface area contributed by atoms with Crippen molar-refractivity contribution in [3.63, 3.8) is 0 Å². The number of amides is 1. The Balaban J connectivity index is 1.91. The topological polar surface area (TPSA) is 100 Å². The molecule has 1 N–H and O–H groups in total. The average Bonchev–Trinajstić information content (AvgIpc) is 2.72. The summed E-state index contributed by atoms with van der Waals surface area (Å²) in [6.07, 6.45) is 0. The molecule has 0 aromatic heterocycles. The van der Waals surface area contributed by atoms with Gasteiger partial charge in [-0.1, -0.05) is 0 Å². The van der Waals surface area contributed by atoms with E-state index in [1.54, 1.807) is 6.92 Å². The van der Waals surface area contributed by atoms with E-state index in [-0.39, 0.29) is 23.7 Å². The third-order valence-electron chi connectivity index (χ3n) is 3.63. The normalized spacial score (nSPS) is 10.3. The maximum atomic E-state index is 12.3. The number of nitrogens with one attached hydrogen (secondary N) is 1. The van der Waals surface area contributed by atoms with Crippen molar-refractivity contribution in [2.45, 2.75) is 13.5 Å². The number of carbonyl (C=O) groups excluding carboxylic acids is 3. The molecule has 10 heteroatoms. The van der Waals surface area contributed by atoms with E-state index < -0.39 is 31.1 Å². The molecule has 0 unspecified atom stereocenters. The van der Waals surface area contributed by atoms with Crippen LogP contribution in [0.4, 0.5) is 14.5 Å². The summed E-state index contributed by atoms with van der Waals surface area (Å²) < 4.78 is 43.6. The fourth-order valence-electron chi connectivity index (χ4n) is 2.30. The molecule has 160 valence electrons. The Labute approximate surface area is 170 Å². The lowest BCUT2D eigenvalue weighted by atomic mass is 10.2. The first-order valence-electron chi connectivity index (χ1n) is 8.71. The molecule has 30 heavy (non-hydrogen) atoms. The molecule has 0 spiro atoms. The lowest BCUT2D eigenvalue weighted by Gasteiger charge is -2.11. The number of rotatable bonds is 9. The van der Waals surface area contributed by atoms with Crippen LogP contribution in [0.15, 0.2) is 42.5 Å².